The quantitative estimate of drug-likeness (QED) is 0.359. The summed E-state index contributed by atoms with van der Waals surface area (Å²) in [7, 11) is 0. The van der Waals surface area contributed by atoms with Crippen LogP contribution in [0.1, 0.15) is 51.5 Å². The van der Waals surface area contributed by atoms with Crippen LogP contribution in [-0.2, 0) is 16.1 Å². The van der Waals surface area contributed by atoms with Gasteiger partial charge in [-0.1, -0.05) is 29.8 Å². The number of carbonyl (C=O) groups excluding carboxylic acids is 2. The minimum atomic E-state index is -0.581. The molecule has 0 aliphatic rings. The van der Waals surface area contributed by atoms with Crippen LogP contribution in [0.2, 0.25) is 5.02 Å². The van der Waals surface area contributed by atoms with Gasteiger partial charge in [0, 0.05) is 11.1 Å². The molecule has 0 spiro atoms. The maximum absolute atomic E-state index is 14.0. The van der Waals surface area contributed by atoms with Gasteiger partial charge in [-0.3, -0.25) is 4.98 Å². The molecule has 178 valence electrons. The second-order valence-corrected chi connectivity index (χ2v) is 7.77. The lowest BCUT2D eigenvalue weighted by Crippen LogP contribution is -2.17. The smallest absolute Gasteiger partial charge is 0.340 e. The first-order valence-electron chi connectivity index (χ1n) is 10.8. The molecule has 0 amide bonds. The Hall–Kier alpha value is -3.45. The van der Waals surface area contributed by atoms with Crippen molar-refractivity contribution in [3.05, 3.63) is 81.4 Å². The van der Waals surface area contributed by atoms with E-state index in [4.69, 9.17) is 25.8 Å². The second-order valence-electron chi connectivity index (χ2n) is 7.36. The molecule has 2 aromatic carbocycles. The van der Waals surface area contributed by atoms with Crippen molar-refractivity contribution in [2.24, 2.45) is 0 Å². The lowest BCUT2D eigenvalue weighted by atomic mass is 9.92. The zero-order chi connectivity index (χ0) is 24.8. The molecule has 0 radical (unpaired) electrons. The Bertz CT molecular complexity index is 1150. The molecular weight excluding hydrogens is 461 g/mol. The molecule has 0 N–H and O–H groups in total. The highest BCUT2D eigenvalue weighted by Crippen LogP contribution is 2.34. The first-order valence-corrected chi connectivity index (χ1v) is 11.2. The Morgan fingerprint density at radius 3 is 1.97 bits per heavy atom. The summed E-state index contributed by atoms with van der Waals surface area (Å²) in [5, 5.41) is 0.275. The summed E-state index contributed by atoms with van der Waals surface area (Å²) in [5.41, 5.74) is 2.48. The molecule has 0 fully saturated rings. The van der Waals surface area contributed by atoms with Crippen molar-refractivity contribution in [2.45, 2.75) is 34.3 Å². The molecule has 0 saturated heterocycles. The Balaban J connectivity index is 2.03. The lowest BCUT2D eigenvalue weighted by Gasteiger charge is -2.18. The van der Waals surface area contributed by atoms with Gasteiger partial charge in [0.15, 0.2) is 0 Å². The first-order chi connectivity index (χ1) is 16.3. The van der Waals surface area contributed by atoms with Gasteiger partial charge in [0.25, 0.3) is 0 Å². The number of hydrogen-bond donors (Lipinski definition) is 0. The average molecular weight is 486 g/mol. The van der Waals surface area contributed by atoms with Crippen LogP contribution < -0.4 is 4.74 Å². The Kier molecular flexibility index (Phi) is 8.23. The van der Waals surface area contributed by atoms with Gasteiger partial charge in [0.2, 0.25) is 0 Å². The third kappa shape index (κ3) is 5.37. The Morgan fingerprint density at radius 2 is 1.47 bits per heavy atom. The summed E-state index contributed by atoms with van der Waals surface area (Å²) < 4.78 is 30.2. The molecule has 6 nitrogen and oxygen atoms in total. The lowest BCUT2D eigenvalue weighted by molar-refractivity contribution is 0.0525. The molecule has 34 heavy (non-hydrogen) atoms. The number of halogens is 2. The monoisotopic (exact) mass is 485 g/mol. The molecule has 3 aromatic rings. The van der Waals surface area contributed by atoms with Crippen molar-refractivity contribution in [3.8, 4) is 16.9 Å². The number of nitrogens with zero attached hydrogens (tertiary/aromatic N) is 1. The first kappa shape index (κ1) is 25.2. The summed E-state index contributed by atoms with van der Waals surface area (Å²) in [6.45, 7) is 7.07. The number of aryl methyl sites for hydroxylation is 2. The number of aromatic nitrogens is 1. The van der Waals surface area contributed by atoms with Crippen LogP contribution in [0, 0.1) is 19.7 Å². The van der Waals surface area contributed by atoms with Crippen LogP contribution in [0.4, 0.5) is 4.39 Å². The van der Waals surface area contributed by atoms with Gasteiger partial charge in [0.1, 0.15) is 18.2 Å². The van der Waals surface area contributed by atoms with Crippen LogP contribution in [0.25, 0.3) is 11.1 Å². The van der Waals surface area contributed by atoms with Gasteiger partial charge in [-0.25, -0.2) is 14.0 Å². The number of rotatable bonds is 8. The third-order valence-electron chi connectivity index (χ3n) is 5.11. The minimum absolute atomic E-state index is 0.0551. The normalized spacial score (nSPS) is 10.6. The number of hydrogen-bond acceptors (Lipinski definition) is 6. The van der Waals surface area contributed by atoms with Gasteiger partial charge in [-0.05, 0) is 57.5 Å². The van der Waals surface area contributed by atoms with Gasteiger partial charge >= 0.3 is 11.9 Å². The average Bonchev–Trinajstić information content (AvgIpc) is 2.79. The fourth-order valence-corrected chi connectivity index (χ4v) is 3.81. The predicted octanol–water partition coefficient (Wildman–Crippen LogP) is 6.09. The molecule has 0 unspecified atom stereocenters. The molecule has 0 aliphatic heterocycles. The van der Waals surface area contributed by atoms with Crippen LogP contribution in [0.15, 0.2) is 42.5 Å². The highest BCUT2D eigenvalue weighted by atomic mass is 35.5. The second kappa shape index (κ2) is 11.1. The highest BCUT2D eigenvalue weighted by molar-refractivity contribution is 6.31. The van der Waals surface area contributed by atoms with Crippen molar-refractivity contribution < 1.29 is 28.2 Å². The number of carbonyl (C=O) groups is 2. The summed E-state index contributed by atoms with van der Waals surface area (Å²) in [6.07, 6.45) is 0. The predicted molar refractivity (Wildman–Crippen MR) is 127 cm³/mol. The molecule has 0 atom stereocenters. The van der Waals surface area contributed by atoms with E-state index in [2.05, 4.69) is 4.98 Å². The number of esters is 2. The van der Waals surface area contributed by atoms with E-state index < -0.39 is 17.8 Å². The maximum atomic E-state index is 14.0. The summed E-state index contributed by atoms with van der Waals surface area (Å²) in [6, 6.07) is 11.2. The van der Waals surface area contributed by atoms with Crippen LogP contribution in [0.5, 0.6) is 5.75 Å². The largest absolute Gasteiger partial charge is 0.489 e. The van der Waals surface area contributed by atoms with Crippen molar-refractivity contribution in [3.63, 3.8) is 0 Å². The van der Waals surface area contributed by atoms with E-state index in [9.17, 15) is 14.0 Å². The maximum Gasteiger partial charge on any atom is 0.340 e. The summed E-state index contributed by atoms with van der Waals surface area (Å²) >= 11 is 6.06. The zero-order valence-electron chi connectivity index (χ0n) is 19.4. The molecule has 1 aromatic heterocycles. The van der Waals surface area contributed by atoms with Gasteiger partial charge in [-0.15, -0.1) is 0 Å². The number of benzene rings is 2. The Labute approximate surface area is 202 Å². The van der Waals surface area contributed by atoms with E-state index in [0.29, 0.717) is 28.3 Å². The van der Waals surface area contributed by atoms with Crippen LogP contribution >= 0.6 is 11.6 Å². The number of ether oxygens (including phenoxy) is 3. The third-order valence-corrected chi connectivity index (χ3v) is 5.46. The van der Waals surface area contributed by atoms with E-state index in [1.807, 2.05) is 0 Å². The molecule has 8 heteroatoms. The van der Waals surface area contributed by atoms with Crippen LogP contribution in [0.3, 0.4) is 0 Å². The molecule has 3 rings (SSSR count). The van der Waals surface area contributed by atoms with Crippen molar-refractivity contribution in [1.82, 2.24) is 4.98 Å². The van der Waals surface area contributed by atoms with Crippen molar-refractivity contribution in [2.75, 3.05) is 13.2 Å². The van der Waals surface area contributed by atoms with Crippen LogP contribution in [-0.4, -0.2) is 30.1 Å². The molecular formula is C26H25ClFNO5. The molecule has 1 heterocycles. The summed E-state index contributed by atoms with van der Waals surface area (Å²) in [4.78, 5) is 30.0. The van der Waals surface area contributed by atoms with E-state index >= 15 is 0 Å². The molecule has 0 aliphatic carbocycles. The SMILES string of the molecule is CCOC(=O)c1c(C)nc(C)c(C(=O)OCC)c1-c1ccc(OCc2c(F)cccc2Cl)cc1. The molecule has 0 saturated carbocycles. The fraction of sp³-hybridized carbons (Fsp3) is 0.269. The van der Waals surface area contributed by atoms with Crippen molar-refractivity contribution in [1.29, 1.82) is 0 Å². The van der Waals surface area contributed by atoms with Gasteiger partial charge in [-0.2, -0.15) is 0 Å². The van der Waals surface area contributed by atoms with E-state index in [1.54, 1.807) is 58.0 Å². The van der Waals surface area contributed by atoms with E-state index in [1.165, 1.54) is 12.1 Å². The number of pyridine rings is 1. The van der Waals surface area contributed by atoms with E-state index in [-0.39, 0.29) is 41.5 Å². The van der Waals surface area contributed by atoms with Crippen molar-refractivity contribution >= 4 is 23.5 Å². The standard InChI is InChI=1S/C26H25ClFNO5/c1-5-32-25(30)22-15(3)29-16(4)23(26(31)33-6-2)24(22)17-10-12-18(13-11-17)34-14-19-20(27)8-7-9-21(19)28/h7-13H,5-6,14H2,1-4H3. The zero-order valence-corrected chi connectivity index (χ0v) is 20.2. The summed E-state index contributed by atoms with van der Waals surface area (Å²) in [5.74, 6) is -1.16. The minimum Gasteiger partial charge on any atom is -0.489 e. The fourth-order valence-electron chi connectivity index (χ4n) is 3.59. The van der Waals surface area contributed by atoms with Gasteiger partial charge < -0.3 is 14.2 Å². The van der Waals surface area contributed by atoms with E-state index in [0.717, 1.165) is 0 Å². The van der Waals surface area contributed by atoms with Gasteiger partial charge in [0.05, 0.1) is 40.8 Å². The topological polar surface area (TPSA) is 74.7 Å². The Morgan fingerprint density at radius 1 is 0.912 bits per heavy atom. The molecule has 0 bridgehead atoms. The highest BCUT2D eigenvalue weighted by Gasteiger charge is 2.27.